The van der Waals surface area contributed by atoms with Crippen LogP contribution in [0.5, 0.6) is 11.8 Å². The third-order valence-electron chi connectivity index (χ3n) is 3.20. The number of hydrogen-bond donors (Lipinski definition) is 1. The summed E-state index contributed by atoms with van der Waals surface area (Å²) in [7, 11) is -2.38. The van der Waals surface area contributed by atoms with Crippen molar-refractivity contribution in [1.82, 2.24) is 14.9 Å². The lowest BCUT2D eigenvalue weighted by Gasteiger charge is -2.22. The number of aromatic nitrogens is 2. The van der Waals surface area contributed by atoms with Gasteiger partial charge in [-0.05, 0) is 17.7 Å². The zero-order valence-corrected chi connectivity index (χ0v) is 15.0. The Labute approximate surface area is 152 Å². The van der Waals surface area contributed by atoms with Crippen LogP contribution in [0.25, 0.3) is 0 Å². The quantitative estimate of drug-likeness (QED) is 0.786. The van der Waals surface area contributed by atoms with Gasteiger partial charge >= 0.3 is 6.18 Å². The van der Waals surface area contributed by atoms with E-state index in [1.165, 1.54) is 19.2 Å². The second kappa shape index (κ2) is 7.64. The van der Waals surface area contributed by atoms with Crippen LogP contribution in [0.4, 0.5) is 13.2 Å². The molecule has 142 valence electrons. The van der Waals surface area contributed by atoms with E-state index in [4.69, 9.17) is 21.1 Å². The molecule has 1 N–H and O–H groups in total. The average molecular weight is 412 g/mol. The van der Waals surface area contributed by atoms with Crippen LogP contribution < -0.4 is 14.2 Å². The molecule has 0 bridgehead atoms. The predicted molar refractivity (Wildman–Crippen MR) is 85.7 cm³/mol. The highest BCUT2D eigenvalue weighted by atomic mass is 35.5. The van der Waals surface area contributed by atoms with Gasteiger partial charge in [-0.15, -0.1) is 10.2 Å². The largest absolute Gasteiger partial charge is 0.480 e. The van der Waals surface area contributed by atoms with E-state index in [2.05, 4.69) is 10.2 Å². The molecular weight excluding hydrogens is 399 g/mol. The van der Waals surface area contributed by atoms with E-state index in [9.17, 15) is 21.6 Å². The highest BCUT2D eigenvalue weighted by molar-refractivity contribution is 7.89. The van der Waals surface area contributed by atoms with Crippen molar-refractivity contribution in [1.29, 1.82) is 0 Å². The summed E-state index contributed by atoms with van der Waals surface area (Å²) in [5, 5.41) is 7.20. The topological polar surface area (TPSA) is 90.4 Å². The Morgan fingerprint density at radius 2 is 1.73 bits per heavy atom. The van der Waals surface area contributed by atoms with Crippen LogP contribution in [0.3, 0.4) is 0 Å². The first-order valence-electron chi connectivity index (χ1n) is 6.88. The molecule has 0 amide bonds. The number of halogens is 4. The van der Waals surface area contributed by atoms with Crippen LogP contribution in [-0.4, -0.2) is 39.0 Å². The van der Waals surface area contributed by atoms with Crippen molar-refractivity contribution in [2.24, 2.45) is 0 Å². The number of nitrogens with one attached hydrogen (secondary N) is 1. The summed E-state index contributed by atoms with van der Waals surface area (Å²) in [6.45, 7) is 0. The Morgan fingerprint density at radius 1 is 1.12 bits per heavy atom. The molecule has 1 aromatic heterocycles. The monoisotopic (exact) mass is 411 g/mol. The van der Waals surface area contributed by atoms with E-state index < -0.39 is 33.0 Å². The Morgan fingerprint density at radius 3 is 2.23 bits per heavy atom. The van der Waals surface area contributed by atoms with Gasteiger partial charge in [-0.3, -0.25) is 0 Å². The van der Waals surface area contributed by atoms with Crippen molar-refractivity contribution < 1.29 is 31.1 Å². The molecule has 2 rings (SSSR count). The Bertz CT molecular complexity index is 876. The van der Waals surface area contributed by atoms with Crippen LogP contribution in [-0.2, 0) is 10.0 Å². The lowest BCUT2D eigenvalue weighted by Crippen LogP contribution is -2.38. The fraction of sp³-hybridized carbons (Fsp3) is 0.286. The van der Waals surface area contributed by atoms with Crippen molar-refractivity contribution in [3.63, 3.8) is 0 Å². The van der Waals surface area contributed by atoms with Gasteiger partial charge in [-0.1, -0.05) is 23.7 Å². The number of methoxy groups -OCH3 is 2. The summed E-state index contributed by atoms with van der Waals surface area (Å²) in [6.07, 6.45) is -4.90. The van der Waals surface area contributed by atoms with Crippen molar-refractivity contribution in [3.05, 3.63) is 40.9 Å². The number of alkyl halides is 3. The van der Waals surface area contributed by atoms with Gasteiger partial charge in [-0.25, -0.2) is 8.42 Å². The Balaban J connectivity index is 2.49. The molecule has 1 atom stereocenters. The molecule has 0 aliphatic heterocycles. The number of benzene rings is 1. The maximum atomic E-state index is 13.4. The van der Waals surface area contributed by atoms with Gasteiger partial charge < -0.3 is 9.47 Å². The highest BCUT2D eigenvalue weighted by Gasteiger charge is 2.44. The van der Waals surface area contributed by atoms with Gasteiger partial charge in [0.05, 0.1) is 14.2 Å². The predicted octanol–water partition coefficient (Wildman–Crippen LogP) is 2.73. The maximum absolute atomic E-state index is 13.4. The summed E-state index contributed by atoms with van der Waals surface area (Å²) in [6, 6.07) is 3.00. The van der Waals surface area contributed by atoms with Crippen LogP contribution in [0.2, 0.25) is 5.02 Å². The lowest BCUT2D eigenvalue weighted by atomic mass is 10.1. The second-order valence-electron chi connectivity index (χ2n) is 4.91. The molecule has 12 heteroatoms. The average Bonchev–Trinajstić information content (AvgIpc) is 2.59. The summed E-state index contributed by atoms with van der Waals surface area (Å²) in [5.41, 5.74) is -0.335. The lowest BCUT2D eigenvalue weighted by molar-refractivity contribution is -0.153. The third kappa shape index (κ3) is 4.54. The number of nitrogens with zero attached hydrogens (tertiary/aromatic N) is 2. The minimum absolute atomic E-state index is 0.207. The van der Waals surface area contributed by atoms with Gasteiger partial charge in [0, 0.05) is 11.1 Å². The van der Waals surface area contributed by atoms with E-state index >= 15 is 0 Å². The van der Waals surface area contributed by atoms with Crippen LogP contribution in [0.15, 0.2) is 35.2 Å². The normalized spacial score (nSPS) is 13.3. The second-order valence-corrected chi connectivity index (χ2v) is 7.03. The zero-order valence-electron chi connectivity index (χ0n) is 13.4. The first-order chi connectivity index (χ1) is 12.1. The first-order valence-corrected chi connectivity index (χ1v) is 8.75. The summed E-state index contributed by atoms with van der Waals surface area (Å²) in [5.74, 6) is -0.684. The van der Waals surface area contributed by atoms with Gasteiger partial charge in [0.15, 0.2) is 4.90 Å². The van der Waals surface area contributed by atoms with E-state index in [0.29, 0.717) is 0 Å². The van der Waals surface area contributed by atoms with Crippen molar-refractivity contribution >= 4 is 21.6 Å². The maximum Gasteiger partial charge on any atom is 0.408 e. The molecule has 0 aliphatic rings. The van der Waals surface area contributed by atoms with Gasteiger partial charge in [-0.2, -0.15) is 17.9 Å². The molecule has 0 unspecified atom stereocenters. The van der Waals surface area contributed by atoms with Crippen molar-refractivity contribution in [2.45, 2.75) is 17.1 Å². The summed E-state index contributed by atoms with van der Waals surface area (Å²) in [4.78, 5) is -0.643. The third-order valence-corrected chi connectivity index (χ3v) is 4.87. The molecule has 0 spiro atoms. The van der Waals surface area contributed by atoms with Crippen LogP contribution in [0, 0.1) is 0 Å². The van der Waals surface area contributed by atoms with E-state index in [0.717, 1.165) is 25.3 Å². The van der Waals surface area contributed by atoms with Crippen LogP contribution in [0.1, 0.15) is 11.6 Å². The van der Waals surface area contributed by atoms with E-state index in [1.807, 2.05) is 0 Å². The molecule has 0 fully saturated rings. The Hall–Kier alpha value is -2.11. The molecular formula is C14H13ClF3N3O4S. The fourth-order valence-electron chi connectivity index (χ4n) is 1.98. The van der Waals surface area contributed by atoms with Gasteiger partial charge in [0.1, 0.15) is 6.04 Å². The number of sulfonamides is 1. The van der Waals surface area contributed by atoms with Crippen LogP contribution >= 0.6 is 11.6 Å². The summed E-state index contributed by atoms with van der Waals surface area (Å²) >= 11 is 5.67. The van der Waals surface area contributed by atoms with E-state index in [-0.39, 0.29) is 16.5 Å². The molecule has 2 aromatic rings. The molecule has 1 heterocycles. The molecule has 7 nitrogen and oxygen atoms in total. The molecule has 0 saturated carbocycles. The smallest absolute Gasteiger partial charge is 0.408 e. The molecule has 0 saturated heterocycles. The van der Waals surface area contributed by atoms with Crippen molar-refractivity contribution in [3.8, 4) is 11.8 Å². The first kappa shape index (κ1) is 20.2. The standard InChI is InChI=1S/C14H13ClF3N3O4S/c1-24-11-7-10(13(25-2)20-19-11)26(22,23)21-12(14(16,17)18)8-3-5-9(15)6-4-8/h3-7,12,21H,1-2H3/t12-/m1/s1. The Kier molecular flexibility index (Phi) is 5.94. The number of hydrogen-bond acceptors (Lipinski definition) is 6. The number of rotatable bonds is 6. The minimum atomic E-state index is -4.90. The van der Waals surface area contributed by atoms with Crippen molar-refractivity contribution in [2.75, 3.05) is 14.2 Å². The zero-order chi connectivity index (χ0) is 19.5. The fourth-order valence-corrected chi connectivity index (χ4v) is 3.42. The van der Waals surface area contributed by atoms with E-state index in [1.54, 1.807) is 4.72 Å². The summed E-state index contributed by atoms with van der Waals surface area (Å²) < 4.78 is 76.5. The molecule has 0 aliphatic carbocycles. The molecule has 26 heavy (non-hydrogen) atoms. The number of ether oxygens (including phenoxy) is 2. The van der Waals surface area contributed by atoms with Gasteiger partial charge in [0.2, 0.25) is 15.9 Å². The van der Waals surface area contributed by atoms with Gasteiger partial charge in [0.25, 0.3) is 5.88 Å². The minimum Gasteiger partial charge on any atom is -0.480 e. The molecule has 0 radical (unpaired) electrons. The highest BCUT2D eigenvalue weighted by Crippen LogP contribution is 2.35. The molecule has 1 aromatic carbocycles. The SMILES string of the molecule is COc1cc(S(=O)(=O)N[C@H](c2ccc(Cl)cc2)C(F)(F)F)c(OC)nn1.